The van der Waals surface area contributed by atoms with Gasteiger partial charge < -0.3 is 4.90 Å². The molecule has 1 fully saturated rings. The number of anilines is 1. The van der Waals surface area contributed by atoms with Gasteiger partial charge in [0, 0.05) is 19.0 Å². The minimum Gasteiger partial charge on any atom is -0.360 e. The molecular formula is C12H11F2N3O2. The highest BCUT2D eigenvalue weighted by Gasteiger charge is 2.37. The highest BCUT2D eigenvalue weighted by Crippen LogP contribution is 2.35. The van der Waals surface area contributed by atoms with Crippen molar-refractivity contribution in [1.29, 1.82) is 5.26 Å². The Morgan fingerprint density at radius 2 is 2.21 bits per heavy atom. The number of hydrogen-bond donors (Lipinski definition) is 0. The first-order valence-electron chi connectivity index (χ1n) is 5.74. The van der Waals surface area contributed by atoms with Crippen LogP contribution in [0.25, 0.3) is 0 Å². The zero-order valence-electron chi connectivity index (χ0n) is 9.97. The van der Waals surface area contributed by atoms with Crippen molar-refractivity contribution in [1.82, 2.24) is 0 Å². The molecule has 19 heavy (non-hydrogen) atoms. The lowest BCUT2D eigenvalue weighted by Gasteiger charge is -2.33. The van der Waals surface area contributed by atoms with Gasteiger partial charge in [0.1, 0.15) is 5.69 Å². The van der Waals surface area contributed by atoms with Crippen molar-refractivity contribution in [3.8, 4) is 6.07 Å². The van der Waals surface area contributed by atoms with Crippen LogP contribution in [0.5, 0.6) is 0 Å². The fourth-order valence-electron chi connectivity index (χ4n) is 2.18. The summed E-state index contributed by atoms with van der Waals surface area (Å²) in [5, 5.41) is 19.7. The van der Waals surface area contributed by atoms with E-state index in [-0.39, 0.29) is 29.8 Å². The number of rotatable bonds is 2. The van der Waals surface area contributed by atoms with Gasteiger partial charge in [-0.05, 0) is 18.6 Å². The third-order valence-electron chi connectivity index (χ3n) is 3.03. The van der Waals surface area contributed by atoms with E-state index in [0.717, 1.165) is 6.07 Å². The zero-order chi connectivity index (χ0) is 14.0. The van der Waals surface area contributed by atoms with E-state index in [2.05, 4.69) is 0 Å². The number of piperidine rings is 1. The number of hydrogen-bond acceptors (Lipinski definition) is 4. The molecule has 0 saturated carbocycles. The quantitative estimate of drug-likeness (QED) is 0.610. The Labute approximate surface area is 108 Å². The smallest absolute Gasteiger partial charge is 0.293 e. The Morgan fingerprint density at radius 3 is 2.79 bits per heavy atom. The fraction of sp³-hybridized carbons (Fsp3) is 0.417. The van der Waals surface area contributed by atoms with Crippen LogP contribution in [0.2, 0.25) is 0 Å². The highest BCUT2D eigenvalue weighted by molar-refractivity contribution is 5.66. The average molecular weight is 267 g/mol. The van der Waals surface area contributed by atoms with Crippen LogP contribution in [0.15, 0.2) is 18.2 Å². The molecule has 0 unspecified atom stereocenters. The Bertz CT molecular complexity index is 554. The summed E-state index contributed by atoms with van der Waals surface area (Å²) >= 11 is 0. The standard InChI is InChI=1S/C12H11F2N3O2/c13-12(14)4-1-5-16(8-12)10-3-2-9(7-15)6-11(10)17(18)19/h2-3,6H,1,4-5,8H2. The first kappa shape index (κ1) is 13.2. The molecule has 1 aliphatic rings. The molecule has 1 heterocycles. The molecule has 0 atom stereocenters. The van der Waals surface area contributed by atoms with Gasteiger partial charge in [-0.25, -0.2) is 8.78 Å². The summed E-state index contributed by atoms with van der Waals surface area (Å²) in [4.78, 5) is 11.6. The Hall–Kier alpha value is -2.23. The van der Waals surface area contributed by atoms with Gasteiger partial charge in [-0.3, -0.25) is 10.1 Å². The summed E-state index contributed by atoms with van der Waals surface area (Å²) < 4.78 is 26.7. The third kappa shape index (κ3) is 2.78. The number of nitro benzene ring substituents is 1. The minimum absolute atomic E-state index is 0.138. The Kier molecular flexibility index (Phi) is 3.34. The minimum atomic E-state index is -2.83. The van der Waals surface area contributed by atoms with Crippen molar-refractivity contribution >= 4 is 11.4 Å². The number of nitrogens with zero attached hydrogens (tertiary/aromatic N) is 3. The second-order valence-electron chi connectivity index (χ2n) is 4.45. The largest absolute Gasteiger partial charge is 0.360 e. The number of halogens is 2. The number of alkyl halides is 2. The zero-order valence-corrected chi connectivity index (χ0v) is 9.97. The summed E-state index contributed by atoms with van der Waals surface area (Å²) in [7, 11) is 0. The predicted octanol–water partition coefficient (Wildman–Crippen LogP) is 2.70. The molecule has 1 saturated heterocycles. The van der Waals surface area contributed by atoms with Gasteiger partial charge >= 0.3 is 0 Å². The molecular weight excluding hydrogens is 256 g/mol. The normalized spacial score (nSPS) is 17.8. The van der Waals surface area contributed by atoms with Crippen LogP contribution in [-0.4, -0.2) is 23.9 Å². The molecule has 0 spiro atoms. The SMILES string of the molecule is N#Cc1ccc(N2CCCC(F)(F)C2)c([N+](=O)[O-])c1. The molecule has 0 radical (unpaired) electrons. The summed E-state index contributed by atoms with van der Waals surface area (Å²) in [5.74, 6) is -2.83. The molecule has 0 aliphatic carbocycles. The van der Waals surface area contributed by atoms with Crippen LogP contribution in [-0.2, 0) is 0 Å². The molecule has 7 heteroatoms. The molecule has 100 valence electrons. The maximum absolute atomic E-state index is 13.4. The summed E-state index contributed by atoms with van der Waals surface area (Å²) in [5.41, 5.74) is -0.0284. The second kappa shape index (κ2) is 4.80. The molecule has 5 nitrogen and oxygen atoms in total. The molecule has 0 bridgehead atoms. The third-order valence-corrected chi connectivity index (χ3v) is 3.03. The van der Waals surface area contributed by atoms with Crippen molar-refractivity contribution in [2.24, 2.45) is 0 Å². The maximum atomic E-state index is 13.4. The Balaban J connectivity index is 2.39. The van der Waals surface area contributed by atoms with E-state index in [1.54, 1.807) is 6.07 Å². The van der Waals surface area contributed by atoms with Crippen molar-refractivity contribution in [2.75, 3.05) is 18.0 Å². The van der Waals surface area contributed by atoms with Crippen molar-refractivity contribution < 1.29 is 13.7 Å². The molecule has 0 amide bonds. The number of nitriles is 1. The predicted molar refractivity (Wildman–Crippen MR) is 64.2 cm³/mol. The van der Waals surface area contributed by atoms with Crippen molar-refractivity contribution in [2.45, 2.75) is 18.8 Å². The van der Waals surface area contributed by atoms with Crippen LogP contribution in [0.3, 0.4) is 0 Å². The highest BCUT2D eigenvalue weighted by atomic mass is 19.3. The van der Waals surface area contributed by atoms with Gasteiger partial charge in [0.05, 0.1) is 23.1 Å². The van der Waals surface area contributed by atoms with E-state index < -0.39 is 17.4 Å². The number of benzene rings is 1. The van der Waals surface area contributed by atoms with Gasteiger partial charge in [-0.15, -0.1) is 0 Å². The molecule has 2 rings (SSSR count). The van der Waals surface area contributed by atoms with E-state index in [4.69, 9.17) is 5.26 Å². The molecule has 1 aromatic rings. The topological polar surface area (TPSA) is 70.2 Å². The van der Waals surface area contributed by atoms with Gasteiger partial charge in [-0.1, -0.05) is 0 Å². The monoisotopic (exact) mass is 267 g/mol. The van der Waals surface area contributed by atoms with Gasteiger partial charge in [0.2, 0.25) is 0 Å². The lowest BCUT2D eigenvalue weighted by molar-refractivity contribution is -0.384. The van der Waals surface area contributed by atoms with E-state index in [9.17, 15) is 18.9 Å². The van der Waals surface area contributed by atoms with Crippen LogP contribution < -0.4 is 4.90 Å². The molecule has 1 aromatic carbocycles. The van der Waals surface area contributed by atoms with Crippen LogP contribution in [0.4, 0.5) is 20.2 Å². The lowest BCUT2D eigenvalue weighted by Crippen LogP contribution is -2.42. The van der Waals surface area contributed by atoms with E-state index >= 15 is 0 Å². The summed E-state index contributed by atoms with van der Waals surface area (Å²) in [6.45, 7) is -0.179. The average Bonchev–Trinajstić information content (AvgIpc) is 2.36. The van der Waals surface area contributed by atoms with Gasteiger partial charge in [0.25, 0.3) is 11.6 Å². The molecule has 1 aliphatic heterocycles. The fourth-order valence-corrected chi connectivity index (χ4v) is 2.18. The first-order valence-corrected chi connectivity index (χ1v) is 5.74. The Morgan fingerprint density at radius 1 is 1.47 bits per heavy atom. The molecule has 0 aromatic heterocycles. The molecule has 0 N–H and O–H groups in total. The van der Waals surface area contributed by atoms with Crippen LogP contribution in [0.1, 0.15) is 18.4 Å². The van der Waals surface area contributed by atoms with E-state index in [0.29, 0.717) is 6.54 Å². The van der Waals surface area contributed by atoms with Crippen molar-refractivity contribution in [3.63, 3.8) is 0 Å². The summed E-state index contributed by atoms with van der Waals surface area (Å²) in [6.07, 6.45) is 0.0811. The maximum Gasteiger partial charge on any atom is 0.293 e. The van der Waals surface area contributed by atoms with E-state index in [1.165, 1.54) is 17.0 Å². The first-order chi connectivity index (χ1) is 8.93. The lowest BCUT2D eigenvalue weighted by atomic mass is 10.1. The summed E-state index contributed by atoms with van der Waals surface area (Å²) in [6, 6.07) is 5.67. The number of nitro groups is 1. The van der Waals surface area contributed by atoms with Gasteiger partial charge in [0.15, 0.2) is 0 Å². The van der Waals surface area contributed by atoms with Crippen LogP contribution in [0, 0.1) is 21.4 Å². The van der Waals surface area contributed by atoms with Crippen LogP contribution >= 0.6 is 0 Å². The van der Waals surface area contributed by atoms with E-state index in [1.807, 2.05) is 0 Å². The van der Waals surface area contributed by atoms with Crippen molar-refractivity contribution in [3.05, 3.63) is 33.9 Å². The second-order valence-corrected chi connectivity index (χ2v) is 4.45. The van der Waals surface area contributed by atoms with Gasteiger partial charge in [-0.2, -0.15) is 5.26 Å².